The normalized spacial score (nSPS) is 10.3. The molecular weight excluding hydrogens is 302 g/mol. The molecule has 11 nitrogen and oxygen atoms in total. The first-order chi connectivity index (χ1) is 10.7. The van der Waals surface area contributed by atoms with Gasteiger partial charge in [0.15, 0.2) is 11.9 Å². The van der Waals surface area contributed by atoms with Crippen LogP contribution in [0.5, 0.6) is 0 Å². The predicted octanol–water partition coefficient (Wildman–Crippen LogP) is -0.0850. The van der Waals surface area contributed by atoms with Gasteiger partial charge in [0.1, 0.15) is 19.8 Å². The summed E-state index contributed by atoms with van der Waals surface area (Å²) >= 11 is 0. The molecule has 22 heavy (non-hydrogen) atoms. The molecule has 0 rings (SSSR count). The lowest BCUT2D eigenvalue weighted by atomic mass is 10.2. The zero-order valence-corrected chi connectivity index (χ0v) is 11.4. The van der Waals surface area contributed by atoms with Crippen molar-refractivity contribution >= 4 is 11.9 Å². The van der Waals surface area contributed by atoms with Crippen molar-refractivity contribution in [1.82, 2.24) is 0 Å². The third-order valence-corrected chi connectivity index (χ3v) is 2.05. The van der Waals surface area contributed by atoms with Gasteiger partial charge in [0.25, 0.3) is 12.5 Å². The number of ether oxygens (including phenoxy) is 4. The zero-order chi connectivity index (χ0) is 16.6. The van der Waals surface area contributed by atoms with Crippen LogP contribution in [0.3, 0.4) is 0 Å². The summed E-state index contributed by atoms with van der Waals surface area (Å²) in [7, 11) is 0. The van der Waals surface area contributed by atoms with Gasteiger partial charge < -0.3 is 23.8 Å². The summed E-state index contributed by atoms with van der Waals surface area (Å²) in [5.74, 6) is -1.55. The van der Waals surface area contributed by atoms with Crippen LogP contribution in [-0.4, -0.2) is 44.5 Å². The Kier molecular flexibility index (Phi) is 11.1. The van der Waals surface area contributed by atoms with Crippen molar-refractivity contribution in [1.29, 1.82) is 10.5 Å². The first-order valence-electron chi connectivity index (χ1n) is 5.98. The minimum atomic E-state index is -1.27. The fourth-order valence-electron chi connectivity index (χ4n) is 1.16. The highest BCUT2D eigenvalue weighted by atomic mass is 16.7. The van der Waals surface area contributed by atoms with E-state index in [1.807, 2.05) is 0 Å². The number of nitrogens with zero attached hydrogens (tertiary/aromatic N) is 3. The molecule has 0 radical (unpaired) electrons. The lowest BCUT2D eigenvalue weighted by Gasteiger charge is -2.12. The quantitative estimate of drug-likeness (QED) is 0.157. The molecule has 0 aliphatic heterocycles. The van der Waals surface area contributed by atoms with E-state index >= 15 is 0 Å². The smallest absolute Gasteiger partial charge is 0.348 e. The number of hydrogen-bond acceptors (Lipinski definition) is 11. The predicted molar refractivity (Wildman–Crippen MR) is 65.0 cm³/mol. The van der Waals surface area contributed by atoms with Crippen molar-refractivity contribution in [3.8, 4) is 12.5 Å². The second-order valence-electron chi connectivity index (χ2n) is 3.47. The van der Waals surface area contributed by atoms with Crippen LogP contribution < -0.4 is 0 Å². The van der Waals surface area contributed by atoms with Gasteiger partial charge in [-0.3, -0.25) is 4.79 Å². The summed E-state index contributed by atoms with van der Waals surface area (Å²) in [6.07, 6.45) is 1.09. The number of nitriles is 2. The van der Waals surface area contributed by atoms with Crippen molar-refractivity contribution in [2.75, 3.05) is 26.4 Å². The number of rotatable bonds is 12. The van der Waals surface area contributed by atoms with E-state index in [1.165, 1.54) is 12.5 Å². The van der Waals surface area contributed by atoms with E-state index in [0.717, 1.165) is 0 Å². The van der Waals surface area contributed by atoms with Crippen LogP contribution in [0.1, 0.15) is 12.8 Å². The lowest BCUT2D eigenvalue weighted by Crippen LogP contribution is -2.27. The van der Waals surface area contributed by atoms with Crippen LogP contribution >= 0.6 is 0 Å². The average molecular weight is 315 g/mol. The van der Waals surface area contributed by atoms with Gasteiger partial charge in [-0.05, 0) is 0 Å². The van der Waals surface area contributed by atoms with Crippen LogP contribution in [0, 0.1) is 27.9 Å². The summed E-state index contributed by atoms with van der Waals surface area (Å²) in [4.78, 5) is 36.5. The maximum absolute atomic E-state index is 11.6. The van der Waals surface area contributed by atoms with E-state index in [2.05, 4.69) is 24.4 Å². The average Bonchev–Trinajstić information content (AvgIpc) is 2.52. The molecule has 0 spiro atoms. The van der Waals surface area contributed by atoms with Crippen LogP contribution in [-0.2, 0) is 33.4 Å². The second kappa shape index (κ2) is 12.9. The Morgan fingerprint density at radius 3 is 2.41 bits per heavy atom. The monoisotopic (exact) mass is 315 g/mol. The van der Waals surface area contributed by atoms with Crippen molar-refractivity contribution < 1.29 is 33.4 Å². The molecule has 0 amide bonds. The first-order valence-corrected chi connectivity index (χ1v) is 5.98. The van der Waals surface area contributed by atoms with Gasteiger partial charge in [0.2, 0.25) is 6.10 Å². The number of esters is 2. The number of carbonyl (C=O) groups excluding carboxylic acids is 2. The highest BCUT2D eigenvalue weighted by Crippen LogP contribution is 2.06. The molecular formula is C11H13N3O8. The Hall–Kier alpha value is -3.08. The Bertz CT molecular complexity index is 442. The third kappa shape index (κ3) is 9.80. The molecule has 0 aromatic heterocycles. The summed E-state index contributed by atoms with van der Waals surface area (Å²) in [6.45, 7) is -0.689. The third-order valence-electron chi connectivity index (χ3n) is 2.05. The van der Waals surface area contributed by atoms with Gasteiger partial charge in [-0.15, -0.1) is 4.91 Å². The van der Waals surface area contributed by atoms with Crippen molar-refractivity contribution in [2.45, 2.75) is 18.9 Å². The molecule has 0 aromatic rings. The fraction of sp³-hybridized carbons (Fsp3) is 0.636. The minimum Gasteiger partial charge on any atom is -0.462 e. The number of hydrogen-bond donors (Lipinski definition) is 0. The SMILES string of the molecule is N#COCCOC(=O)C(CCC(=O)OCCON=O)OC#N. The number of carbonyl (C=O) groups is 2. The van der Waals surface area contributed by atoms with Crippen LogP contribution in [0.15, 0.2) is 5.34 Å². The summed E-state index contributed by atoms with van der Waals surface area (Å²) < 4.78 is 18.1. The second-order valence-corrected chi connectivity index (χ2v) is 3.47. The molecule has 11 heteroatoms. The van der Waals surface area contributed by atoms with Gasteiger partial charge in [0, 0.05) is 12.8 Å². The largest absolute Gasteiger partial charge is 0.462 e. The van der Waals surface area contributed by atoms with E-state index in [4.69, 9.17) is 15.3 Å². The summed E-state index contributed by atoms with van der Waals surface area (Å²) in [5.41, 5.74) is 0. The minimum absolute atomic E-state index is 0.131. The molecule has 0 heterocycles. The van der Waals surface area contributed by atoms with Gasteiger partial charge in [0.05, 0.1) is 0 Å². The Morgan fingerprint density at radius 2 is 1.77 bits per heavy atom. The maximum Gasteiger partial charge on any atom is 0.348 e. The van der Waals surface area contributed by atoms with Gasteiger partial charge in [-0.1, -0.05) is 0 Å². The topological polar surface area (TPSA) is 157 Å². The lowest BCUT2D eigenvalue weighted by molar-refractivity contribution is -0.155. The van der Waals surface area contributed by atoms with Crippen LogP contribution in [0.2, 0.25) is 0 Å². The fourth-order valence-corrected chi connectivity index (χ4v) is 1.16. The Balaban J connectivity index is 4.04. The molecule has 120 valence electrons. The molecule has 0 aliphatic rings. The molecule has 0 saturated heterocycles. The van der Waals surface area contributed by atoms with Crippen molar-refractivity contribution in [2.24, 2.45) is 5.34 Å². The van der Waals surface area contributed by atoms with Gasteiger partial charge in [-0.25, -0.2) is 4.79 Å². The molecule has 0 N–H and O–H groups in total. The Labute approximate surface area is 125 Å². The Morgan fingerprint density at radius 1 is 1.05 bits per heavy atom. The van der Waals surface area contributed by atoms with Crippen LogP contribution in [0.4, 0.5) is 0 Å². The van der Waals surface area contributed by atoms with Crippen molar-refractivity contribution in [3.63, 3.8) is 0 Å². The van der Waals surface area contributed by atoms with Crippen LogP contribution in [0.25, 0.3) is 0 Å². The molecule has 0 saturated carbocycles. The van der Waals surface area contributed by atoms with E-state index < -0.39 is 18.0 Å². The zero-order valence-electron chi connectivity index (χ0n) is 11.4. The molecule has 1 atom stereocenters. The van der Waals surface area contributed by atoms with E-state index in [9.17, 15) is 14.5 Å². The first kappa shape index (κ1) is 18.9. The van der Waals surface area contributed by atoms with E-state index in [1.54, 1.807) is 0 Å². The van der Waals surface area contributed by atoms with Gasteiger partial charge in [-0.2, -0.15) is 10.5 Å². The standard InChI is InChI=1S/C11H13N3O8/c12-7-18-3-4-20-11(16)9(21-8-13)1-2-10(15)19-5-6-22-14-17/h9H,1-6H2. The molecule has 0 fully saturated rings. The van der Waals surface area contributed by atoms with E-state index in [0.29, 0.717) is 0 Å². The molecule has 0 aliphatic carbocycles. The molecule has 0 bridgehead atoms. The highest BCUT2D eigenvalue weighted by Gasteiger charge is 2.23. The maximum atomic E-state index is 11.6. The summed E-state index contributed by atoms with van der Waals surface area (Å²) in [5, 5.41) is 18.7. The molecule has 1 unspecified atom stereocenters. The van der Waals surface area contributed by atoms with Gasteiger partial charge >= 0.3 is 11.9 Å². The van der Waals surface area contributed by atoms with E-state index in [-0.39, 0.29) is 39.3 Å². The summed E-state index contributed by atoms with van der Waals surface area (Å²) in [6, 6.07) is 0. The van der Waals surface area contributed by atoms with Crippen molar-refractivity contribution in [3.05, 3.63) is 4.91 Å². The molecule has 0 aromatic carbocycles. The highest BCUT2D eigenvalue weighted by molar-refractivity contribution is 5.76.